The predicted molar refractivity (Wildman–Crippen MR) is 140 cm³/mol. The molecule has 4 aliphatic rings. The van der Waals surface area contributed by atoms with Gasteiger partial charge < -0.3 is 13.7 Å². The zero-order valence-electron chi connectivity index (χ0n) is 21.1. The fraction of sp³-hybridized carbons (Fsp3) is 0.517. The molecule has 2 aromatic heterocycles. The van der Waals surface area contributed by atoms with Crippen LogP contribution in [0.25, 0.3) is 11.3 Å². The molecule has 0 radical (unpaired) electrons. The van der Waals surface area contributed by atoms with Crippen molar-refractivity contribution in [2.75, 3.05) is 32.7 Å². The third kappa shape index (κ3) is 4.42. The highest BCUT2D eigenvalue weighted by atomic mass is 32.1. The maximum atomic E-state index is 13.9. The molecule has 7 heteroatoms. The van der Waals surface area contributed by atoms with Crippen molar-refractivity contribution >= 4 is 17.3 Å². The molecule has 0 amide bonds. The number of aromatic nitrogens is 1. The molecule has 0 aliphatic carbocycles. The molecule has 6 heterocycles. The lowest BCUT2D eigenvalue weighted by molar-refractivity contribution is -0.959. The Kier molecular flexibility index (Phi) is 6.48. The molecule has 36 heavy (non-hydrogen) atoms. The van der Waals surface area contributed by atoms with Crippen molar-refractivity contribution in [1.82, 2.24) is 10.1 Å². The maximum Gasteiger partial charge on any atom is 0.332 e. The molecule has 4 fully saturated rings. The van der Waals surface area contributed by atoms with Gasteiger partial charge in [0.2, 0.25) is 0 Å². The fourth-order valence-electron chi connectivity index (χ4n) is 6.57. The van der Waals surface area contributed by atoms with Crippen LogP contribution in [0.2, 0.25) is 0 Å². The summed E-state index contributed by atoms with van der Waals surface area (Å²) in [6.45, 7) is 7.85. The highest BCUT2D eigenvalue weighted by molar-refractivity contribution is 7.10. The molecule has 4 aliphatic heterocycles. The van der Waals surface area contributed by atoms with Gasteiger partial charge in [-0.1, -0.05) is 48.0 Å². The van der Waals surface area contributed by atoms with E-state index in [1.54, 1.807) is 11.3 Å². The normalized spacial score (nSPS) is 28.0. The second-order valence-electron chi connectivity index (χ2n) is 11.1. The van der Waals surface area contributed by atoms with E-state index in [2.05, 4.69) is 46.6 Å². The largest absolute Gasteiger partial charge is 0.454 e. The van der Waals surface area contributed by atoms with Crippen LogP contribution in [-0.2, 0) is 21.6 Å². The summed E-state index contributed by atoms with van der Waals surface area (Å²) in [5, 5.41) is 6.41. The lowest BCUT2D eigenvalue weighted by Crippen LogP contribution is -2.64. The Labute approximate surface area is 217 Å². The monoisotopic (exact) mass is 506 g/mol. The van der Waals surface area contributed by atoms with Gasteiger partial charge in [0.25, 0.3) is 0 Å². The van der Waals surface area contributed by atoms with Crippen LogP contribution in [0, 0.1) is 5.92 Å². The average Bonchev–Trinajstić information content (AvgIpc) is 3.63. The van der Waals surface area contributed by atoms with Crippen LogP contribution in [0.15, 0.2) is 58.4 Å². The summed E-state index contributed by atoms with van der Waals surface area (Å²) in [5.74, 6) is 1.29. The molecule has 0 N–H and O–H groups in total. The summed E-state index contributed by atoms with van der Waals surface area (Å²) in [6, 6.07) is 16.4. The topological polar surface area (TPSA) is 55.6 Å². The van der Waals surface area contributed by atoms with E-state index < -0.39 is 5.54 Å². The molecule has 2 atom stereocenters. The SMILES string of the molecule is C[C@@](C(=O)O[C@H]1C[N+]2(Cc3cc(-c4ccccc4)no3)CCC1CC2)(c1cccs1)N1CCCCC1. The Morgan fingerprint density at radius 1 is 1.14 bits per heavy atom. The van der Waals surface area contributed by atoms with E-state index in [0.29, 0.717) is 5.92 Å². The van der Waals surface area contributed by atoms with Crippen molar-refractivity contribution in [1.29, 1.82) is 0 Å². The summed E-state index contributed by atoms with van der Waals surface area (Å²) in [4.78, 5) is 17.4. The predicted octanol–water partition coefficient (Wildman–Crippen LogP) is 5.46. The molecule has 190 valence electrons. The number of quaternary nitrogens is 1. The molecule has 0 spiro atoms. The van der Waals surface area contributed by atoms with Gasteiger partial charge in [0.15, 0.2) is 17.4 Å². The number of nitrogens with zero attached hydrogens (tertiary/aromatic N) is 3. The van der Waals surface area contributed by atoms with E-state index in [1.165, 1.54) is 6.42 Å². The van der Waals surface area contributed by atoms with Crippen molar-refractivity contribution in [3.05, 3.63) is 64.5 Å². The second kappa shape index (κ2) is 9.77. The number of esters is 1. The Bertz CT molecular complexity index is 1160. The zero-order chi connectivity index (χ0) is 24.6. The third-order valence-electron chi connectivity index (χ3n) is 8.81. The van der Waals surface area contributed by atoms with Gasteiger partial charge in [-0.25, -0.2) is 4.79 Å². The number of hydrogen-bond acceptors (Lipinski definition) is 6. The summed E-state index contributed by atoms with van der Waals surface area (Å²) in [5.41, 5.74) is 1.25. The van der Waals surface area contributed by atoms with Crippen LogP contribution < -0.4 is 0 Å². The van der Waals surface area contributed by atoms with Gasteiger partial charge in [-0.2, -0.15) is 0 Å². The van der Waals surface area contributed by atoms with Crippen molar-refractivity contribution in [2.45, 2.75) is 57.2 Å². The Morgan fingerprint density at radius 2 is 1.92 bits per heavy atom. The number of fused-ring (bicyclic) bond motifs is 3. The van der Waals surface area contributed by atoms with E-state index in [-0.39, 0.29) is 12.1 Å². The number of likely N-dealkylation sites (tertiary alicyclic amines) is 1. The van der Waals surface area contributed by atoms with Crippen molar-refractivity contribution < 1.29 is 18.5 Å². The molecule has 7 rings (SSSR count). The third-order valence-corrected chi connectivity index (χ3v) is 9.89. The van der Waals surface area contributed by atoms with E-state index in [4.69, 9.17) is 9.26 Å². The first kappa shape index (κ1) is 23.9. The molecule has 4 saturated heterocycles. The van der Waals surface area contributed by atoms with E-state index >= 15 is 0 Å². The van der Waals surface area contributed by atoms with Crippen molar-refractivity contribution in [3.63, 3.8) is 0 Å². The molecule has 0 unspecified atom stereocenters. The lowest BCUT2D eigenvalue weighted by atomic mass is 9.82. The summed E-state index contributed by atoms with van der Waals surface area (Å²) >= 11 is 1.66. The smallest absolute Gasteiger partial charge is 0.332 e. The van der Waals surface area contributed by atoms with Crippen LogP contribution in [0.5, 0.6) is 0 Å². The molecular weight excluding hydrogens is 470 g/mol. The minimum atomic E-state index is -0.707. The van der Waals surface area contributed by atoms with Gasteiger partial charge in [-0.3, -0.25) is 4.90 Å². The molecule has 0 saturated carbocycles. The number of benzene rings is 1. The molecule has 6 nitrogen and oxygen atoms in total. The van der Waals surface area contributed by atoms with E-state index in [9.17, 15) is 4.79 Å². The second-order valence-corrected chi connectivity index (χ2v) is 12.0. The van der Waals surface area contributed by atoms with Crippen molar-refractivity contribution in [3.8, 4) is 11.3 Å². The first-order valence-corrected chi connectivity index (χ1v) is 14.3. The summed E-state index contributed by atoms with van der Waals surface area (Å²) in [6.07, 6.45) is 5.67. The van der Waals surface area contributed by atoms with E-state index in [0.717, 1.165) is 91.3 Å². The first-order chi connectivity index (χ1) is 17.6. The van der Waals surface area contributed by atoms with Crippen LogP contribution in [0.4, 0.5) is 0 Å². The molecule has 2 bridgehead atoms. The van der Waals surface area contributed by atoms with Gasteiger partial charge in [-0.05, 0) is 44.3 Å². The standard InChI is InChI=1S/C29H36N3O3S/c1-29(27-11-8-18-36-27,31-14-6-3-7-15-31)28(33)34-26-21-32(16-12-23(26)13-17-32)20-24-19-25(30-35-24)22-9-4-2-5-10-22/h2,4-5,8-11,18-19,23,26H,3,6-7,12-17,20-21H2,1H3/q+1/t23?,26-,29-,32?/m0/s1. The van der Waals surface area contributed by atoms with Crippen molar-refractivity contribution in [2.24, 2.45) is 5.92 Å². The minimum Gasteiger partial charge on any atom is -0.454 e. The van der Waals surface area contributed by atoms with Crippen LogP contribution >= 0.6 is 11.3 Å². The number of rotatable bonds is 7. The van der Waals surface area contributed by atoms with Crippen LogP contribution in [-0.4, -0.2) is 59.3 Å². The Morgan fingerprint density at radius 3 is 2.64 bits per heavy atom. The number of carbonyl (C=O) groups excluding carboxylic acids is 1. The summed E-state index contributed by atoms with van der Waals surface area (Å²) in [7, 11) is 0. The van der Waals surface area contributed by atoms with Gasteiger partial charge in [0.05, 0.1) is 13.1 Å². The molecule has 3 aromatic rings. The number of ether oxygens (including phenoxy) is 1. The quantitative estimate of drug-likeness (QED) is 0.315. The van der Waals surface area contributed by atoms with E-state index in [1.807, 2.05) is 24.3 Å². The van der Waals surface area contributed by atoms with Crippen LogP contribution in [0.1, 0.15) is 49.7 Å². The number of piperidine rings is 4. The molecule has 1 aromatic carbocycles. The number of carbonyl (C=O) groups is 1. The first-order valence-electron chi connectivity index (χ1n) is 13.4. The van der Waals surface area contributed by atoms with Gasteiger partial charge in [0, 0.05) is 35.3 Å². The minimum absolute atomic E-state index is 0.0411. The fourth-order valence-corrected chi connectivity index (χ4v) is 7.48. The summed E-state index contributed by atoms with van der Waals surface area (Å²) < 4.78 is 13.2. The van der Waals surface area contributed by atoms with Gasteiger partial charge in [-0.15, -0.1) is 11.3 Å². The number of hydrogen-bond donors (Lipinski definition) is 0. The zero-order valence-corrected chi connectivity index (χ0v) is 21.9. The highest BCUT2D eigenvalue weighted by Crippen LogP contribution is 2.40. The Hall–Kier alpha value is -2.48. The van der Waals surface area contributed by atoms with Gasteiger partial charge >= 0.3 is 5.97 Å². The Balaban J connectivity index is 1.19. The molecular formula is C29H36N3O3S+. The highest BCUT2D eigenvalue weighted by Gasteiger charge is 2.51. The maximum absolute atomic E-state index is 13.9. The average molecular weight is 507 g/mol. The van der Waals surface area contributed by atoms with Gasteiger partial charge in [0.1, 0.15) is 18.8 Å². The lowest BCUT2D eigenvalue weighted by Gasteiger charge is -2.52. The van der Waals surface area contributed by atoms with Crippen LogP contribution in [0.3, 0.4) is 0 Å². The number of thiophene rings is 1.